The molecule has 5 nitrogen and oxygen atoms in total. The van der Waals surface area contributed by atoms with Gasteiger partial charge in [0.2, 0.25) is 5.13 Å². The van der Waals surface area contributed by atoms with Gasteiger partial charge in [0.15, 0.2) is 0 Å². The van der Waals surface area contributed by atoms with Crippen LogP contribution in [-0.2, 0) is 10.2 Å². The lowest BCUT2D eigenvalue weighted by atomic mass is 9.98. The fourth-order valence-corrected chi connectivity index (χ4v) is 4.23. The van der Waals surface area contributed by atoms with Gasteiger partial charge < -0.3 is 10.1 Å². The highest BCUT2D eigenvalue weighted by molar-refractivity contribution is 7.15. The SMILES string of the molecule is CC(C)(C)c1nnc(NCC(c2cccs2)N2CCOCC2)s1. The summed E-state index contributed by atoms with van der Waals surface area (Å²) in [6.45, 7) is 10.9. The third-order valence-electron chi connectivity index (χ3n) is 3.87. The molecule has 0 spiro atoms. The van der Waals surface area contributed by atoms with Crippen LogP contribution in [0.1, 0.15) is 36.7 Å². The number of rotatable bonds is 5. The van der Waals surface area contributed by atoms with Gasteiger partial charge in [0.05, 0.1) is 19.3 Å². The van der Waals surface area contributed by atoms with Crippen LogP contribution in [0.5, 0.6) is 0 Å². The van der Waals surface area contributed by atoms with Crippen molar-refractivity contribution in [3.63, 3.8) is 0 Å². The van der Waals surface area contributed by atoms with Crippen LogP contribution < -0.4 is 5.32 Å². The summed E-state index contributed by atoms with van der Waals surface area (Å²) < 4.78 is 5.49. The van der Waals surface area contributed by atoms with Gasteiger partial charge in [-0.3, -0.25) is 4.90 Å². The fourth-order valence-electron chi connectivity index (χ4n) is 2.56. The van der Waals surface area contributed by atoms with Crippen LogP contribution in [0.15, 0.2) is 17.5 Å². The van der Waals surface area contributed by atoms with Crippen LogP contribution in [0.2, 0.25) is 0 Å². The Balaban J connectivity index is 1.68. The van der Waals surface area contributed by atoms with Crippen LogP contribution in [0.25, 0.3) is 0 Å². The number of anilines is 1. The van der Waals surface area contributed by atoms with Gasteiger partial charge in [0.1, 0.15) is 5.01 Å². The van der Waals surface area contributed by atoms with Gasteiger partial charge in [0.25, 0.3) is 0 Å². The summed E-state index contributed by atoms with van der Waals surface area (Å²) in [5.41, 5.74) is 0.0506. The number of thiophene rings is 1. The molecule has 1 atom stereocenters. The van der Waals surface area contributed by atoms with Crippen LogP contribution in [0, 0.1) is 0 Å². The van der Waals surface area contributed by atoms with Crippen molar-refractivity contribution in [1.82, 2.24) is 15.1 Å². The maximum Gasteiger partial charge on any atom is 0.205 e. The largest absolute Gasteiger partial charge is 0.379 e. The van der Waals surface area contributed by atoms with Crippen LogP contribution in [0.3, 0.4) is 0 Å². The first-order valence-electron chi connectivity index (χ1n) is 7.97. The predicted molar refractivity (Wildman–Crippen MR) is 96.6 cm³/mol. The molecule has 1 fully saturated rings. The van der Waals surface area contributed by atoms with E-state index in [2.05, 4.69) is 58.7 Å². The van der Waals surface area contributed by atoms with Crippen molar-refractivity contribution in [3.05, 3.63) is 27.4 Å². The maximum absolute atomic E-state index is 5.49. The second-order valence-electron chi connectivity index (χ2n) is 6.72. The van der Waals surface area contributed by atoms with Gasteiger partial charge >= 0.3 is 0 Å². The summed E-state index contributed by atoms with van der Waals surface area (Å²) in [7, 11) is 0. The maximum atomic E-state index is 5.49. The molecule has 0 saturated carbocycles. The van der Waals surface area contributed by atoms with Gasteiger partial charge in [-0.15, -0.1) is 21.5 Å². The van der Waals surface area contributed by atoms with Crippen molar-refractivity contribution in [1.29, 1.82) is 0 Å². The normalized spacial score (nSPS) is 18.0. The molecule has 23 heavy (non-hydrogen) atoms. The number of aromatic nitrogens is 2. The average molecular weight is 353 g/mol. The lowest BCUT2D eigenvalue weighted by Gasteiger charge is -2.34. The standard InChI is InChI=1S/C16H24N4OS2/c1-16(2,3)14-18-19-15(23-14)17-11-12(13-5-4-10-22-13)20-6-8-21-9-7-20/h4-5,10,12H,6-9,11H2,1-3H3,(H,17,19). The number of nitrogens with zero attached hydrogens (tertiary/aromatic N) is 3. The lowest BCUT2D eigenvalue weighted by molar-refractivity contribution is 0.0194. The molecular weight excluding hydrogens is 328 g/mol. The van der Waals surface area contributed by atoms with E-state index in [1.165, 1.54) is 4.88 Å². The molecular formula is C16H24N4OS2. The molecule has 2 aromatic heterocycles. The van der Waals surface area contributed by atoms with Crippen LogP contribution in [-0.4, -0.2) is 47.9 Å². The highest BCUT2D eigenvalue weighted by Crippen LogP contribution is 2.30. The summed E-state index contributed by atoms with van der Waals surface area (Å²) in [6, 6.07) is 4.70. The second-order valence-corrected chi connectivity index (χ2v) is 8.68. The van der Waals surface area contributed by atoms with Crippen LogP contribution in [0.4, 0.5) is 5.13 Å². The van der Waals surface area contributed by atoms with Crippen LogP contribution >= 0.6 is 22.7 Å². The molecule has 1 saturated heterocycles. The molecule has 0 radical (unpaired) electrons. The monoisotopic (exact) mass is 352 g/mol. The van der Waals surface area contributed by atoms with E-state index >= 15 is 0 Å². The first-order valence-corrected chi connectivity index (χ1v) is 9.67. The Hall–Kier alpha value is -1.02. The third kappa shape index (κ3) is 4.29. The van der Waals surface area contributed by atoms with E-state index in [0.717, 1.165) is 43.0 Å². The molecule has 0 amide bonds. The predicted octanol–water partition coefficient (Wildman–Crippen LogP) is 3.38. The van der Waals surface area contributed by atoms with E-state index < -0.39 is 0 Å². The van der Waals surface area contributed by atoms with Crippen molar-refractivity contribution in [2.24, 2.45) is 0 Å². The average Bonchev–Trinajstić information content (AvgIpc) is 3.19. The minimum absolute atomic E-state index is 0.0506. The van der Waals surface area contributed by atoms with Gasteiger partial charge in [0, 0.05) is 29.9 Å². The fraction of sp³-hybridized carbons (Fsp3) is 0.625. The van der Waals surface area contributed by atoms with E-state index in [0.29, 0.717) is 6.04 Å². The topological polar surface area (TPSA) is 50.3 Å². The quantitative estimate of drug-likeness (QED) is 0.894. The molecule has 1 N–H and O–H groups in total. The summed E-state index contributed by atoms with van der Waals surface area (Å²) in [5, 5.41) is 16.2. The smallest absolute Gasteiger partial charge is 0.205 e. The number of morpholine rings is 1. The highest BCUT2D eigenvalue weighted by atomic mass is 32.1. The molecule has 2 aromatic rings. The molecule has 7 heteroatoms. The molecule has 1 aliphatic rings. The summed E-state index contributed by atoms with van der Waals surface area (Å²) in [4.78, 5) is 3.88. The Morgan fingerprint density at radius 2 is 2.09 bits per heavy atom. The van der Waals surface area contributed by atoms with Gasteiger partial charge in [-0.1, -0.05) is 38.2 Å². The zero-order valence-corrected chi connectivity index (χ0v) is 15.5. The minimum atomic E-state index is 0.0506. The van der Waals surface area contributed by atoms with Crippen molar-refractivity contribution in [2.45, 2.75) is 32.2 Å². The Bertz CT molecular complexity index is 600. The number of hydrogen-bond donors (Lipinski definition) is 1. The molecule has 1 aliphatic heterocycles. The van der Waals surface area contributed by atoms with E-state index in [1.54, 1.807) is 11.3 Å². The van der Waals surface area contributed by atoms with E-state index in [-0.39, 0.29) is 5.41 Å². The summed E-state index contributed by atoms with van der Waals surface area (Å²) in [5.74, 6) is 0. The van der Waals surface area contributed by atoms with Gasteiger partial charge in [-0.25, -0.2) is 0 Å². The Labute approximate surface area is 145 Å². The Morgan fingerprint density at radius 3 is 2.70 bits per heavy atom. The first kappa shape index (κ1) is 16.8. The van der Waals surface area contributed by atoms with Gasteiger partial charge in [-0.2, -0.15) is 0 Å². The molecule has 0 aliphatic carbocycles. The second kappa shape index (κ2) is 7.25. The summed E-state index contributed by atoms with van der Waals surface area (Å²) in [6.07, 6.45) is 0. The van der Waals surface area contributed by atoms with E-state index in [4.69, 9.17) is 4.74 Å². The van der Waals surface area contributed by atoms with Crippen molar-refractivity contribution >= 4 is 27.8 Å². The molecule has 3 rings (SSSR count). The number of ether oxygens (including phenoxy) is 1. The Morgan fingerprint density at radius 1 is 1.30 bits per heavy atom. The molecule has 126 valence electrons. The summed E-state index contributed by atoms with van der Waals surface area (Å²) >= 11 is 3.47. The third-order valence-corrected chi connectivity index (χ3v) is 6.15. The number of nitrogens with one attached hydrogen (secondary N) is 1. The molecule has 3 heterocycles. The first-order chi connectivity index (χ1) is 11.0. The highest BCUT2D eigenvalue weighted by Gasteiger charge is 2.24. The molecule has 1 unspecified atom stereocenters. The van der Waals surface area contributed by atoms with Crippen molar-refractivity contribution in [3.8, 4) is 0 Å². The lowest BCUT2D eigenvalue weighted by Crippen LogP contribution is -2.41. The number of hydrogen-bond acceptors (Lipinski definition) is 7. The van der Waals surface area contributed by atoms with Crippen molar-refractivity contribution < 1.29 is 4.74 Å². The Kier molecular flexibility index (Phi) is 5.31. The van der Waals surface area contributed by atoms with E-state index in [1.807, 2.05) is 11.3 Å². The minimum Gasteiger partial charge on any atom is -0.379 e. The van der Waals surface area contributed by atoms with E-state index in [9.17, 15) is 0 Å². The van der Waals surface area contributed by atoms with Crippen molar-refractivity contribution in [2.75, 3.05) is 38.2 Å². The molecule has 0 bridgehead atoms. The zero-order chi connectivity index (χ0) is 16.3. The zero-order valence-electron chi connectivity index (χ0n) is 13.9. The molecule has 0 aromatic carbocycles. The van der Waals surface area contributed by atoms with Gasteiger partial charge in [-0.05, 0) is 11.4 Å².